The fourth-order valence-electron chi connectivity index (χ4n) is 2.20. The zero-order valence-corrected chi connectivity index (χ0v) is 10.6. The molecule has 0 aliphatic carbocycles. The minimum absolute atomic E-state index is 0.572. The van der Waals surface area contributed by atoms with Crippen LogP contribution in [0.15, 0.2) is 48.5 Å². The number of nitrogens with zero attached hydrogens (tertiary/aromatic N) is 1. The second-order valence-electron chi connectivity index (χ2n) is 4.14. The van der Waals surface area contributed by atoms with Crippen LogP contribution >= 0.6 is 11.6 Å². The highest BCUT2D eigenvalue weighted by Crippen LogP contribution is 2.28. The van der Waals surface area contributed by atoms with Gasteiger partial charge in [0, 0.05) is 23.2 Å². The second kappa shape index (κ2) is 4.83. The minimum atomic E-state index is 0.572. The van der Waals surface area contributed by atoms with Crippen LogP contribution in [-0.4, -0.2) is 17.4 Å². The Bertz CT molecular complexity index is 694. The molecule has 1 N–H and O–H groups in total. The van der Waals surface area contributed by atoms with E-state index < -0.39 is 0 Å². The molecule has 0 radical (unpaired) electrons. The van der Waals surface area contributed by atoms with E-state index in [1.54, 1.807) is 0 Å². The summed E-state index contributed by atoms with van der Waals surface area (Å²) >= 11 is 5.73. The van der Waals surface area contributed by atoms with Crippen molar-refractivity contribution < 1.29 is 0 Å². The molecule has 0 unspecified atom stereocenters. The van der Waals surface area contributed by atoms with Gasteiger partial charge in [-0.2, -0.15) is 0 Å². The van der Waals surface area contributed by atoms with Crippen LogP contribution in [-0.2, 0) is 0 Å². The summed E-state index contributed by atoms with van der Waals surface area (Å²) in [6, 6.07) is 16.5. The number of nitrogens with one attached hydrogen (secondary N) is 1. The van der Waals surface area contributed by atoms with Crippen LogP contribution in [0.1, 0.15) is 0 Å². The molecule has 18 heavy (non-hydrogen) atoms. The Morgan fingerprint density at radius 2 is 1.56 bits per heavy atom. The highest BCUT2D eigenvalue weighted by Gasteiger charge is 2.06. The van der Waals surface area contributed by atoms with E-state index in [9.17, 15) is 0 Å². The van der Waals surface area contributed by atoms with Gasteiger partial charge in [0.2, 0.25) is 0 Å². The zero-order chi connectivity index (χ0) is 12.4. The average Bonchev–Trinajstić information content (AvgIpc) is 2.45. The van der Waals surface area contributed by atoms with Crippen molar-refractivity contribution in [3.63, 3.8) is 0 Å². The Morgan fingerprint density at radius 1 is 0.889 bits per heavy atom. The van der Waals surface area contributed by atoms with Gasteiger partial charge in [-0.3, -0.25) is 0 Å². The zero-order valence-electron chi connectivity index (χ0n) is 9.86. The van der Waals surface area contributed by atoms with Gasteiger partial charge in [0.05, 0.1) is 5.52 Å². The van der Waals surface area contributed by atoms with Crippen LogP contribution in [0.3, 0.4) is 0 Å². The number of fused-ring (bicyclic) bond motifs is 3. The van der Waals surface area contributed by atoms with Crippen molar-refractivity contribution in [2.75, 3.05) is 17.7 Å². The van der Waals surface area contributed by atoms with Crippen molar-refractivity contribution in [2.45, 2.75) is 0 Å². The van der Waals surface area contributed by atoms with Gasteiger partial charge < -0.3 is 5.32 Å². The number of benzene rings is 2. The Balaban J connectivity index is 2.32. The molecular formula is C15H13ClN2. The van der Waals surface area contributed by atoms with Gasteiger partial charge in [-0.05, 0) is 11.5 Å². The van der Waals surface area contributed by atoms with E-state index in [1.807, 2.05) is 24.3 Å². The van der Waals surface area contributed by atoms with Gasteiger partial charge in [0.15, 0.2) is 0 Å². The maximum absolute atomic E-state index is 5.73. The smallest absolute Gasteiger partial charge is 0.134 e. The third kappa shape index (κ3) is 1.89. The van der Waals surface area contributed by atoms with E-state index >= 15 is 0 Å². The molecule has 0 fully saturated rings. The van der Waals surface area contributed by atoms with Gasteiger partial charge in [0.25, 0.3) is 0 Å². The molecule has 0 bridgehead atoms. The molecule has 0 saturated heterocycles. The predicted molar refractivity (Wildman–Crippen MR) is 78.5 cm³/mol. The van der Waals surface area contributed by atoms with Crippen molar-refractivity contribution in [3.05, 3.63) is 48.5 Å². The summed E-state index contributed by atoms with van der Waals surface area (Å²) in [5.74, 6) is 1.48. The summed E-state index contributed by atoms with van der Waals surface area (Å²) in [7, 11) is 0. The number of para-hydroxylation sites is 1. The summed E-state index contributed by atoms with van der Waals surface area (Å²) in [6.07, 6.45) is 0. The standard InChI is InChI=1S/C15H13ClN2/c16-9-10-17-15-13-7-2-1-5-11(13)12-6-3-4-8-14(12)18-15/h1-8H,9-10H2,(H,17,18). The van der Waals surface area contributed by atoms with Crippen molar-refractivity contribution in [3.8, 4) is 0 Å². The van der Waals surface area contributed by atoms with Crippen LogP contribution < -0.4 is 5.32 Å². The second-order valence-corrected chi connectivity index (χ2v) is 4.52. The number of aromatic nitrogens is 1. The number of hydrogen-bond donors (Lipinski definition) is 1. The van der Waals surface area contributed by atoms with Crippen LogP contribution in [0.25, 0.3) is 21.7 Å². The van der Waals surface area contributed by atoms with E-state index in [4.69, 9.17) is 11.6 Å². The van der Waals surface area contributed by atoms with Crippen LogP contribution in [0.2, 0.25) is 0 Å². The first kappa shape index (κ1) is 11.3. The number of rotatable bonds is 3. The highest BCUT2D eigenvalue weighted by molar-refractivity contribution is 6.18. The molecule has 0 aliphatic rings. The maximum atomic E-state index is 5.73. The molecule has 3 rings (SSSR count). The number of anilines is 1. The van der Waals surface area contributed by atoms with Crippen LogP contribution in [0.5, 0.6) is 0 Å². The summed E-state index contributed by atoms with van der Waals surface area (Å²) < 4.78 is 0. The number of hydrogen-bond acceptors (Lipinski definition) is 2. The Kier molecular flexibility index (Phi) is 3.03. The third-order valence-corrected chi connectivity index (χ3v) is 3.18. The molecule has 2 nitrogen and oxygen atoms in total. The summed E-state index contributed by atoms with van der Waals surface area (Å²) in [6.45, 7) is 0.719. The molecule has 90 valence electrons. The molecule has 0 atom stereocenters. The molecular weight excluding hydrogens is 244 g/mol. The van der Waals surface area contributed by atoms with Gasteiger partial charge >= 0.3 is 0 Å². The number of pyridine rings is 1. The summed E-state index contributed by atoms with van der Waals surface area (Å²) in [5.41, 5.74) is 1.01. The van der Waals surface area contributed by atoms with E-state index in [0.717, 1.165) is 23.3 Å². The first-order valence-electron chi connectivity index (χ1n) is 5.97. The summed E-state index contributed by atoms with van der Waals surface area (Å²) in [5, 5.41) is 6.83. The van der Waals surface area contributed by atoms with Crippen molar-refractivity contribution in [2.24, 2.45) is 0 Å². The lowest BCUT2D eigenvalue weighted by atomic mass is 10.1. The Morgan fingerprint density at radius 3 is 2.33 bits per heavy atom. The van der Waals surface area contributed by atoms with E-state index in [1.165, 1.54) is 10.8 Å². The molecule has 0 spiro atoms. The van der Waals surface area contributed by atoms with E-state index in [0.29, 0.717) is 5.88 Å². The van der Waals surface area contributed by atoms with Gasteiger partial charge in [0.1, 0.15) is 5.82 Å². The highest BCUT2D eigenvalue weighted by atomic mass is 35.5. The predicted octanol–water partition coefficient (Wildman–Crippen LogP) is 4.04. The lowest BCUT2D eigenvalue weighted by Crippen LogP contribution is -2.05. The Hall–Kier alpha value is -1.80. The normalized spacial score (nSPS) is 10.9. The SMILES string of the molecule is ClCCNc1nc2ccccc2c2ccccc12. The lowest BCUT2D eigenvalue weighted by molar-refractivity contribution is 1.19. The van der Waals surface area contributed by atoms with Gasteiger partial charge in [-0.25, -0.2) is 4.98 Å². The molecule has 0 amide bonds. The van der Waals surface area contributed by atoms with E-state index in [2.05, 4.69) is 34.6 Å². The average molecular weight is 257 g/mol. The lowest BCUT2D eigenvalue weighted by Gasteiger charge is -2.10. The van der Waals surface area contributed by atoms with Crippen molar-refractivity contribution in [1.82, 2.24) is 4.98 Å². The maximum Gasteiger partial charge on any atom is 0.134 e. The topological polar surface area (TPSA) is 24.9 Å². The van der Waals surface area contributed by atoms with Crippen LogP contribution in [0, 0.1) is 0 Å². The first-order chi connectivity index (χ1) is 8.90. The number of halogens is 1. The van der Waals surface area contributed by atoms with Crippen LogP contribution in [0.4, 0.5) is 5.82 Å². The quantitative estimate of drug-likeness (QED) is 0.565. The molecule has 3 heteroatoms. The van der Waals surface area contributed by atoms with E-state index in [-0.39, 0.29) is 0 Å². The van der Waals surface area contributed by atoms with Gasteiger partial charge in [-0.1, -0.05) is 42.5 Å². The molecule has 1 heterocycles. The largest absolute Gasteiger partial charge is 0.368 e. The molecule has 1 aromatic heterocycles. The fraction of sp³-hybridized carbons (Fsp3) is 0.133. The van der Waals surface area contributed by atoms with Crippen molar-refractivity contribution in [1.29, 1.82) is 0 Å². The van der Waals surface area contributed by atoms with Gasteiger partial charge in [-0.15, -0.1) is 11.6 Å². The fourth-order valence-corrected chi connectivity index (χ4v) is 2.30. The van der Waals surface area contributed by atoms with Crippen molar-refractivity contribution >= 4 is 39.1 Å². The molecule has 2 aromatic carbocycles. The summed E-state index contributed by atoms with van der Waals surface area (Å²) in [4.78, 5) is 4.67. The minimum Gasteiger partial charge on any atom is -0.368 e. The molecule has 0 aliphatic heterocycles. The number of alkyl halides is 1. The third-order valence-electron chi connectivity index (χ3n) is 3.00. The first-order valence-corrected chi connectivity index (χ1v) is 6.51. The monoisotopic (exact) mass is 256 g/mol. The molecule has 0 saturated carbocycles. The Labute approximate surface area is 111 Å². The molecule has 3 aromatic rings.